The van der Waals surface area contributed by atoms with Crippen molar-refractivity contribution in [2.45, 2.75) is 6.42 Å². The summed E-state index contributed by atoms with van der Waals surface area (Å²) in [6.45, 7) is 0. The molecule has 0 amide bonds. The van der Waals surface area contributed by atoms with Crippen molar-refractivity contribution in [1.29, 1.82) is 0 Å². The van der Waals surface area contributed by atoms with Crippen LogP contribution >= 0.6 is 0 Å². The molecule has 0 aromatic heterocycles. The van der Waals surface area contributed by atoms with Gasteiger partial charge >= 0.3 is 0 Å². The Kier molecular flexibility index (Phi) is 3.83. The number of nitrogens with zero attached hydrogens (tertiary/aromatic N) is 1. The first kappa shape index (κ1) is 9.82. The molecule has 0 saturated heterocycles. The largest absolute Gasteiger partial charge is 0.261 e. The second-order valence-corrected chi connectivity index (χ2v) is 2.53. The van der Waals surface area contributed by atoms with E-state index in [2.05, 4.69) is 23.2 Å². The standard InChI is InChI=1S/C10H9N.Y/c1-2-5-9(6-3-1)10-7-4-8-11-10;/h1-6,8H,7H2;. The van der Waals surface area contributed by atoms with Gasteiger partial charge in [-0.1, -0.05) is 36.4 Å². The van der Waals surface area contributed by atoms with E-state index < -0.39 is 0 Å². The van der Waals surface area contributed by atoms with Crippen molar-refractivity contribution in [3.05, 3.63) is 48.2 Å². The summed E-state index contributed by atoms with van der Waals surface area (Å²) >= 11 is 0. The Labute approximate surface area is 97.5 Å². The van der Waals surface area contributed by atoms with E-state index in [9.17, 15) is 0 Å². The van der Waals surface area contributed by atoms with Crippen LogP contribution in [0.15, 0.2) is 47.6 Å². The van der Waals surface area contributed by atoms with Crippen LogP contribution in [0.5, 0.6) is 0 Å². The molecule has 1 aliphatic rings. The van der Waals surface area contributed by atoms with Crippen molar-refractivity contribution in [3.8, 4) is 0 Å². The van der Waals surface area contributed by atoms with E-state index in [4.69, 9.17) is 0 Å². The molecule has 1 aromatic carbocycles. The Bertz CT molecular complexity index is 301. The third-order valence-corrected chi connectivity index (χ3v) is 1.75. The third-order valence-electron chi connectivity index (χ3n) is 1.75. The molecule has 2 heteroatoms. The summed E-state index contributed by atoms with van der Waals surface area (Å²) in [6, 6.07) is 10.3. The zero-order valence-corrected chi connectivity index (χ0v) is 9.61. The van der Waals surface area contributed by atoms with Gasteiger partial charge < -0.3 is 0 Å². The van der Waals surface area contributed by atoms with Gasteiger partial charge in [0.2, 0.25) is 0 Å². The fourth-order valence-electron chi connectivity index (χ4n) is 1.18. The minimum Gasteiger partial charge on any atom is -0.261 e. The molecule has 0 aliphatic carbocycles. The van der Waals surface area contributed by atoms with Crippen LogP contribution in [-0.2, 0) is 32.7 Å². The van der Waals surface area contributed by atoms with Crippen LogP contribution in [0.3, 0.4) is 0 Å². The fraction of sp³-hybridized carbons (Fsp3) is 0.100. The zero-order valence-electron chi connectivity index (χ0n) is 6.77. The minimum atomic E-state index is 0. The monoisotopic (exact) mass is 232 g/mol. The molecule has 1 aliphatic heterocycles. The Morgan fingerprint density at radius 2 is 1.83 bits per heavy atom. The SMILES string of the molecule is C1=CN=C(c2ccccc2)C1.[Y]. The van der Waals surface area contributed by atoms with Crippen molar-refractivity contribution in [2.75, 3.05) is 0 Å². The number of allylic oxidation sites excluding steroid dienone is 1. The average molecular weight is 232 g/mol. The van der Waals surface area contributed by atoms with Crippen LogP contribution in [0.2, 0.25) is 0 Å². The molecule has 1 heterocycles. The molecular formula is C10H9NY. The van der Waals surface area contributed by atoms with Crippen molar-refractivity contribution < 1.29 is 32.7 Å². The van der Waals surface area contributed by atoms with E-state index in [1.165, 1.54) is 11.3 Å². The molecule has 1 radical (unpaired) electrons. The van der Waals surface area contributed by atoms with Gasteiger partial charge in [0.25, 0.3) is 0 Å². The van der Waals surface area contributed by atoms with Gasteiger partial charge in [-0.25, -0.2) is 0 Å². The maximum Gasteiger partial charge on any atom is 0.0513 e. The Hall–Kier alpha value is -0.266. The van der Waals surface area contributed by atoms with Crippen LogP contribution in [0, 0.1) is 0 Å². The van der Waals surface area contributed by atoms with Gasteiger partial charge in [0.1, 0.15) is 0 Å². The Balaban J connectivity index is 0.000000720. The zero-order chi connectivity index (χ0) is 7.52. The molecule has 57 valence electrons. The normalized spacial score (nSPS) is 13.8. The second-order valence-electron chi connectivity index (χ2n) is 2.53. The maximum atomic E-state index is 4.24. The fourth-order valence-corrected chi connectivity index (χ4v) is 1.18. The summed E-state index contributed by atoms with van der Waals surface area (Å²) < 4.78 is 0. The molecular weight excluding hydrogens is 223 g/mol. The van der Waals surface area contributed by atoms with Gasteiger partial charge in [-0.3, -0.25) is 4.99 Å². The summed E-state index contributed by atoms with van der Waals surface area (Å²) in [5, 5.41) is 0. The molecule has 12 heavy (non-hydrogen) atoms. The van der Waals surface area contributed by atoms with Crippen molar-refractivity contribution in [2.24, 2.45) is 4.99 Å². The van der Waals surface area contributed by atoms with E-state index in [1.54, 1.807) is 0 Å². The third kappa shape index (κ3) is 2.12. The number of aliphatic imine (C=N–C) groups is 1. The summed E-state index contributed by atoms with van der Waals surface area (Å²) in [5.41, 5.74) is 2.41. The van der Waals surface area contributed by atoms with Gasteiger partial charge in [-0.05, 0) is 5.56 Å². The van der Waals surface area contributed by atoms with Crippen LogP contribution < -0.4 is 0 Å². The molecule has 0 bridgehead atoms. The Morgan fingerprint density at radius 3 is 2.42 bits per heavy atom. The molecule has 1 nitrogen and oxygen atoms in total. The van der Waals surface area contributed by atoms with E-state index in [1.807, 2.05) is 24.4 Å². The van der Waals surface area contributed by atoms with Gasteiger partial charge in [0.15, 0.2) is 0 Å². The average Bonchev–Trinajstić information content (AvgIpc) is 2.58. The van der Waals surface area contributed by atoms with Crippen molar-refractivity contribution in [1.82, 2.24) is 0 Å². The van der Waals surface area contributed by atoms with E-state index in [0.29, 0.717) is 0 Å². The number of hydrogen-bond acceptors (Lipinski definition) is 1. The van der Waals surface area contributed by atoms with Crippen LogP contribution in [0.1, 0.15) is 12.0 Å². The van der Waals surface area contributed by atoms with Crippen LogP contribution in [-0.4, -0.2) is 5.71 Å². The summed E-state index contributed by atoms with van der Waals surface area (Å²) in [7, 11) is 0. The topological polar surface area (TPSA) is 12.4 Å². The summed E-state index contributed by atoms with van der Waals surface area (Å²) in [4.78, 5) is 4.24. The molecule has 0 atom stereocenters. The summed E-state index contributed by atoms with van der Waals surface area (Å²) in [5.74, 6) is 0. The molecule has 0 saturated carbocycles. The first-order chi connectivity index (χ1) is 5.47. The predicted molar refractivity (Wildman–Crippen MR) is 46.7 cm³/mol. The van der Waals surface area contributed by atoms with Crippen molar-refractivity contribution in [3.63, 3.8) is 0 Å². The predicted octanol–water partition coefficient (Wildman–Crippen LogP) is 2.39. The van der Waals surface area contributed by atoms with Gasteiger partial charge in [-0.2, -0.15) is 0 Å². The van der Waals surface area contributed by atoms with Gasteiger partial charge in [0.05, 0.1) is 5.71 Å². The maximum absolute atomic E-state index is 4.24. The van der Waals surface area contributed by atoms with Gasteiger partial charge in [0, 0.05) is 45.3 Å². The van der Waals surface area contributed by atoms with Crippen LogP contribution in [0.4, 0.5) is 0 Å². The first-order valence-corrected chi connectivity index (χ1v) is 3.74. The van der Waals surface area contributed by atoms with Gasteiger partial charge in [-0.15, -0.1) is 0 Å². The van der Waals surface area contributed by atoms with E-state index in [-0.39, 0.29) is 32.7 Å². The van der Waals surface area contributed by atoms with E-state index >= 15 is 0 Å². The first-order valence-electron chi connectivity index (χ1n) is 3.74. The quantitative estimate of drug-likeness (QED) is 0.704. The minimum absolute atomic E-state index is 0. The molecule has 2 rings (SSSR count). The number of rotatable bonds is 1. The molecule has 0 spiro atoms. The van der Waals surface area contributed by atoms with Crippen LogP contribution in [0.25, 0.3) is 0 Å². The summed E-state index contributed by atoms with van der Waals surface area (Å²) in [6.07, 6.45) is 4.91. The molecule has 0 unspecified atom stereocenters. The van der Waals surface area contributed by atoms with E-state index in [0.717, 1.165) is 6.42 Å². The van der Waals surface area contributed by atoms with Crippen molar-refractivity contribution >= 4 is 5.71 Å². The number of benzene rings is 1. The molecule has 0 N–H and O–H groups in total. The molecule has 0 fully saturated rings. The molecule has 1 aromatic rings. The number of hydrogen-bond donors (Lipinski definition) is 0. The smallest absolute Gasteiger partial charge is 0.0513 e. The second kappa shape index (κ2) is 4.68. The Morgan fingerprint density at radius 1 is 1.08 bits per heavy atom.